The smallest absolute Gasteiger partial charge is 0.0942 e. The van der Waals surface area contributed by atoms with E-state index >= 15 is 0 Å². The first-order chi connectivity index (χ1) is 8.09. The lowest BCUT2D eigenvalue weighted by Crippen LogP contribution is -2.02. The van der Waals surface area contributed by atoms with Gasteiger partial charge in [0.2, 0.25) is 0 Å². The van der Waals surface area contributed by atoms with E-state index < -0.39 is 6.10 Å². The number of thiazole rings is 1. The summed E-state index contributed by atoms with van der Waals surface area (Å²) in [5.74, 6) is 0. The van der Waals surface area contributed by atoms with Crippen LogP contribution in [0.1, 0.15) is 22.2 Å². The van der Waals surface area contributed by atoms with Gasteiger partial charge in [0.25, 0.3) is 0 Å². The summed E-state index contributed by atoms with van der Waals surface area (Å²) < 4.78 is 0. The van der Waals surface area contributed by atoms with Gasteiger partial charge in [0.05, 0.1) is 22.2 Å². The first-order valence-electron chi connectivity index (χ1n) is 5.10. The Bertz CT molecular complexity index is 507. The minimum Gasteiger partial charge on any atom is -0.387 e. The largest absolute Gasteiger partial charge is 0.387 e. The molecule has 2 rings (SSSR count). The van der Waals surface area contributed by atoms with Crippen LogP contribution in [0.5, 0.6) is 0 Å². The third-order valence-electron chi connectivity index (χ3n) is 2.54. The topological polar surface area (TPSA) is 33.1 Å². The lowest BCUT2D eigenvalue weighted by Gasteiger charge is -2.12. The standard InChI is InChI=1S/C12H11Cl2NOS/c1-7-12(17-6-15-7)11(16)5-8-9(13)3-2-4-10(8)14/h2-4,6,11,16H,5H2,1H3. The van der Waals surface area contributed by atoms with Gasteiger partial charge in [0.1, 0.15) is 0 Å². The molecule has 0 radical (unpaired) electrons. The molecule has 1 N–H and O–H groups in total. The van der Waals surface area contributed by atoms with E-state index in [0.717, 1.165) is 16.1 Å². The van der Waals surface area contributed by atoms with Gasteiger partial charge in [-0.15, -0.1) is 11.3 Å². The maximum Gasteiger partial charge on any atom is 0.0942 e. The minimum atomic E-state index is -0.611. The van der Waals surface area contributed by atoms with Crippen LogP contribution in [0.4, 0.5) is 0 Å². The minimum absolute atomic E-state index is 0.404. The number of aromatic nitrogens is 1. The maximum atomic E-state index is 10.1. The second kappa shape index (κ2) is 5.36. The Kier molecular flexibility index (Phi) is 4.05. The second-order valence-corrected chi connectivity index (χ2v) is 5.42. The fraction of sp³-hybridized carbons (Fsp3) is 0.250. The molecule has 0 bridgehead atoms. The van der Waals surface area contributed by atoms with Crippen LogP contribution in [0.25, 0.3) is 0 Å². The van der Waals surface area contributed by atoms with Crippen LogP contribution in [0.2, 0.25) is 10.0 Å². The zero-order valence-corrected chi connectivity index (χ0v) is 11.5. The summed E-state index contributed by atoms with van der Waals surface area (Å²) in [5.41, 5.74) is 3.35. The quantitative estimate of drug-likeness (QED) is 0.924. The van der Waals surface area contributed by atoms with E-state index in [-0.39, 0.29) is 0 Å². The summed E-state index contributed by atoms with van der Waals surface area (Å²) in [6, 6.07) is 5.34. The van der Waals surface area contributed by atoms with Crippen LogP contribution < -0.4 is 0 Å². The van der Waals surface area contributed by atoms with Gasteiger partial charge in [-0.05, 0) is 24.6 Å². The lowest BCUT2D eigenvalue weighted by molar-refractivity contribution is 0.181. The molecule has 0 saturated carbocycles. The van der Waals surface area contributed by atoms with Crippen LogP contribution in [0.3, 0.4) is 0 Å². The molecule has 17 heavy (non-hydrogen) atoms. The van der Waals surface area contributed by atoms with E-state index in [1.807, 2.05) is 6.92 Å². The van der Waals surface area contributed by atoms with Crippen molar-refractivity contribution in [3.63, 3.8) is 0 Å². The Hall–Kier alpha value is -0.610. The first-order valence-corrected chi connectivity index (χ1v) is 6.74. The van der Waals surface area contributed by atoms with Crippen molar-refractivity contribution in [3.05, 3.63) is 49.9 Å². The number of nitrogens with zero attached hydrogens (tertiary/aromatic N) is 1. The summed E-state index contributed by atoms with van der Waals surface area (Å²) in [6.45, 7) is 1.88. The summed E-state index contributed by atoms with van der Waals surface area (Å²) in [6.07, 6.45) is -0.207. The molecule has 90 valence electrons. The molecule has 0 fully saturated rings. The molecule has 1 aromatic heterocycles. The van der Waals surface area contributed by atoms with Crippen molar-refractivity contribution >= 4 is 34.5 Å². The van der Waals surface area contributed by atoms with Gasteiger partial charge < -0.3 is 5.11 Å². The van der Waals surface area contributed by atoms with E-state index in [0.29, 0.717) is 16.5 Å². The summed E-state index contributed by atoms with van der Waals surface area (Å²) in [4.78, 5) is 4.98. The number of aliphatic hydroxyl groups excluding tert-OH is 1. The van der Waals surface area contributed by atoms with Crippen molar-refractivity contribution in [1.29, 1.82) is 0 Å². The van der Waals surface area contributed by atoms with Crippen LogP contribution >= 0.6 is 34.5 Å². The molecule has 0 saturated heterocycles. The van der Waals surface area contributed by atoms with Gasteiger partial charge in [-0.3, -0.25) is 0 Å². The zero-order valence-electron chi connectivity index (χ0n) is 9.15. The Labute approximate surface area is 114 Å². The molecule has 1 atom stereocenters. The van der Waals surface area contributed by atoms with Gasteiger partial charge >= 0.3 is 0 Å². The highest BCUT2D eigenvalue weighted by Gasteiger charge is 2.16. The molecule has 1 heterocycles. The van der Waals surface area contributed by atoms with Crippen molar-refractivity contribution in [2.45, 2.75) is 19.4 Å². The van der Waals surface area contributed by atoms with Gasteiger partial charge in [0, 0.05) is 16.5 Å². The molecular formula is C12H11Cl2NOS. The maximum absolute atomic E-state index is 10.1. The highest BCUT2D eigenvalue weighted by Crippen LogP contribution is 2.31. The average molecular weight is 288 g/mol. The highest BCUT2D eigenvalue weighted by atomic mass is 35.5. The van der Waals surface area contributed by atoms with Gasteiger partial charge in [0.15, 0.2) is 0 Å². The Morgan fingerprint density at radius 2 is 2.00 bits per heavy atom. The molecule has 5 heteroatoms. The number of aryl methyl sites for hydroxylation is 1. The number of hydrogen-bond acceptors (Lipinski definition) is 3. The molecule has 0 amide bonds. The second-order valence-electron chi connectivity index (χ2n) is 3.72. The average Bonchev–Trinajstić information content (AvgIpc) is 2.70. The van der Waals surface area contributed by atoms with Crippen LogP contribution in [0, 0.1) is 6.92 Å². The Morgan fingerprint density at radius 3 is 2.53 bits per heavy atom. The normalized spacial score (nSPS) is 12.7. The monoisotopic (exact) mass is 287 g/mol. The van der Waals surface area contributed by atoms with E-state index in [1.165, 1.54) is 11.3 Å². The predicted octanol–water partition coefficient (Wildman–Crippen LogP) is 4.03. The third kappa shape index (κ3) is 2.80. The Morgan fingerprint density at radius 1 is 1.35 bits per heavy atom. The van der Waals surface area contributed by atoms with Crippen LogP contribution in [-0.2, 0) is 6.42 Å². The molecule has 0 aliphatic carbocycles. The van der Waals surface area contributed by atoms with E-state index in [2.05, 4.69) is 4.98 Å². The molecule has 0 aliphatic heterocycles. The van der Waals surface area contributed by atoms with Crippen LogP contribution in [0.15, 0.2) is 23.7 Å². The van der Waals surface area contributed by atoms with Crippen molar-refractivity contribution in [1.82, 2.24) is 4.98 Å². The molecule has 0 spiro atoms. The fourth-order valence-electron chi connectivity index (χ4n) is 1.64. The number of aliphatic hydroxyl groups is 1. The highest BCUT2D eigenvalue weighted by molar-refractivity contribution is 7.09. The van der Waals surface area contributed by atoms with Crippen molar-refractivity contribution in [2.75, 3.05) is 0 Å². The van der Waals surface area contributed by atoms with E-state index in [4.69, 9.17) is 23.2 Å². The van der Waals surface area contributed by atoms with Crippen molar-refractivity contribution < 1.29 is 5.11 Å². The molecule has 1 unspecified atom stereocenters. The lowest BCUT2D eigenvalue weighted by atomic mass is 10.1. The van der Waals surface area contributed by atoms with E-state index in [9.17, 15) is 5.11 Å². The van der Waals surface area contributed by atoms with E-state index in [1.54, 1.807) is 23.7 Å². The van der Waals surface area contributed by atoms with Crippen molar-refractivity contribution in [2.24, 2.45) is 0 Å². The molecule has 2 nitrogen and oxygen atoms in total. The predicted molar refractivity (Wildman–Crippen MR) is 72.0 cm³/mol. The third-order valence-corrected chi connectivity index (χ3v) is 4.28. The number of hydrogen-bond donors (Lipinski definition) is 1. The molecule has 0 aliphatic rings. The summed E-state index contributed by atoms with van der Waals surface area (Å²) in [7, 11) is 0. The van der Waals surface area contributed by atoms with Gasteiger partial charge in [-0.1, -0.05) is 29.3 Å². The number of rotatable bonds is 3. The van der Waals surface area contributed by atoms with Gasteiger partial charge in [-0.2, -0.15) is 0 Å². The van der Waals surface area contributed by atoms with Crippen molar-refractivity contribution in [3.8, 4) is 0 Å². The fourth-order valence-corrected chi connectivity index (χ4v) is 2.98. The van der Waals surface area contributed by atoms with Gasteiger partial charge in [-0.25, -0.2) is 4.98 Å². The number of benzene rings is 1. The Balaban J connectivity index is 2.25. The number of halogens is 2. The molecular weight excluding hydrogens is 277 g/mol. The zero-order chi connectivity index (χ0) is 12.4. The van der Waals surface area contributed by atoms with Crippen LogP contribution in [-0.4, -0.2) is 10.1 Å². The SMILES string of the molecule is Cc1ncsc1C(O)Cc1c(Cl)cccc1Cl. The summed E-state index contributed by atoms with van der Waals surface area (Å²) in [5, 5.41) is 11.3. The first kappa shape index (κ1) is 12.8. The molecule has 1 aromatic carbocycles. The summed E-state index contributed by atoms with van der Waals surface area (Å²) >= 11 is 13.6. The molecule has 2 aromatic rings.